The second-order valence-corrected chi connectivity index (χ2v) is 9.19. The van der Waals surface area contributed by atoms with Crippen molar-refractivity contribution < 1.29 is 0 Å². The Balaban J connectivity index is 2.48. The van der Waals surface area contributed by atoms with Crippen LogP contribution >= 0.6 is 39.1 Å². The molecule has 1 aliphatic rings. The summed E-state index contributed by atoms with van der Waals surface area (Å²) < 4.78 is -0.428. The van der Waals surface area contributed by atoms with Gasteiger partial charge in [-0.05, 0) is 0 Å². The first-order valence-electron chi connectivity index (χ1n) is 4.12. The molecule has 0 spiro atoms. The van der Waals surface area contributed by atoms with E-state index in [1.807, 2.05) is 0 Å². The maximum absolute atomic E-state index is 6.18. The molecule has 1 saturated carbocycles. The third-order valence-electron chi connectivity index (χ3n) is 2.40. The van der Waals surface area contributed by atoms with Gasteiger partial charge in [0.1, 0.15) is 0 Å². The van der Waals surface area contributed by atoms with Crippen LogP contribution in [0.15, 0.2) is 0 Å². The molecule has 0 bridgehead atoms. The summed E-state index contributed by atoms with van der Waals surface area (Å²) in [5, 5.41) is 0. The first kappa shape index (κ1) is 11.7. The molecule has 2 atom stereocenters. The van der Waals surface area contributed by atoms with E-state index >= 15 is 0 Å². The number of alkyl halides is 3. The fraction of sp³-hybridized carbons (Fsp3) is 1.00. The molecule has 0 aromatic heterocycles. The summed E-state index contributed by atoms with van der Waals surface area (Å²) in [4.78, 5) is 0. The monoisotopic (exact) mass is 338 g/mol. The Morgan fingerprint density at radius 1 is 1.50 bits per heavy atom. The van der Waals surface area contributed by atoms with Crippen LogP contribution in [0.4, 0.5) is 0 Å². The summed E-state index contributed by atoms with van der Waals surface area (Å²) in [5.74, 6) is 2.66. The number of hydrogen-bond donors (Lipinski definition) is 0. The van der Waals surface area contributed by atoms with Gasteiger partial charge >= 0.3 is 99.6 Å². The van der Waals surface area contributed by atoms with Crippen LogP contribution in [-0.2, 0) is 0 Å². The zero-order chi connectivity index (χ0) is 9.41. The predicted octanol–water partition coefficient (Wildman–Crippen LogP) is 3.82. The van der Waals surface area contributed by atoms with Crippen LogP contribution in [0.2, 0.25) is 5.82 Å². The van der Waals surface area contributed by atoms with Crippen molar-refractivity contribution in [2.45, 2.75) is 39.6 Å². The van der Waals surface area contributed by atoms with E-state index in [0.717, 1.165) is 6.42 Å². The quantitative estimate of drug-likeness (QED) is 0.540. The van der Waals surface area contributed by atoms with Crippen molar-refractivity contribution in [1.29, 1.82) is 0 Å². The summed E-state index contributed by atoms with van der Waals surface area (Å²) in [7, 11) is 0. The molecule has 0 aliphatic heterocycles. The van der Waals surface area contributed by atoms with Crippen molar-refractivity contribution in [3.63, 3.8) is 0 Å². The van der Waals surface area contributed by atoms with Crippen LogP contribution in [0.25, 0.3) is 0 Å². The summed E-state index contributed by atoms with van der Waals surface area (Å²) in [5.41, 5.74) is 0. The summed E-state index contributed by atoms with van der Waals surface area (Å²) in [6, 6.07) is 0. The molecule has 1 fully saturated rings. The third kappa shape index (κ3) is 1.70. The molecular weight excluding hydrogens is 326 g/mol. The molecule has 0 radical (unpaired) electrons. The van der Waals surface area contributed by atoms with Gasteiger partial charge < -0.3 is 0 Å². The van der Waals surface area contributed by atoms with Crippen LogP contribution in [0, 0.1) is 5.92 Å². The molecule has 0 saturated heterocycles. The first-order chi connectivity index (χ1) is 5.50. The second kappa shape index (κ2) is 3.98. The van der Waals surface area contributed by atoms with Crippen molar-refractivity contribution in [1.82, 2.24) is 0 Å². The molecule has 0 nitrogen and oxygen atoms in total. The van der Waals surface area contributed by atoms with E-state index in [0.29, 0.717) is 20.9 Å². The predicted molar refractivity (Wildman–Crippen MR) is 60.7 cm³/mol. The molecule has 0 N–H and O–H groups in total. The molecule has 0 aromatic carbocycles. The van der Waals surface area contributed by atoms with Crippen molar-refractivity contribution in [2.24, 2.45) is 5.92 Å². The van der Waals surface area contributed by atoms with Crippen LogP contribution in [0.5, 0.6) is 0 Å². The van der Waals surface area contributed by atoms with Crippen LogP contribution in [-0.4, -0.2) is 22.5 Å². The molecule has 12 heavy (non-hydrogen) atoms. The molecule has 1 aliphatic carbocycles. The molecule has 0 aromatic rings. The van der Waals surface area contributed by atoms with E-state index in [2.05, 4.69) is 28.7 Å². The van der Waals surface area contributed by atoms with E-state index in [1.54, 1.807) is 0 Å². The van der Waals surface area contributed by atoms with Gasteiger partial charge in [-0.3, -0.25) is 0 Å². The number of hydrogen-bond acceptors (Lipinski definition) is 0. The maximum atomic E-state index is 6.18. The van der Waals surface area contributed by atoms with E-state index in [-0.39, 0.29) is 3.22 Å². The Bertz CT molecular complexity index is 174. The number of halogens is 3. The molecule has 72 valence electrons. The number of unbranched alkanes of at least 4 members (excludes halogenated alkanes) is 1. The Labute approximate surface area is 99.0 Å². The van der Waals surface area contributed by atoms with Gasteiger partial charge in [-0.15, -0.1) is 0 Å². The first-order valence-corrected chi connectivity index (χ1v) is 8.24. The van der Waals surface area contributed by atoms with Gasteiger partial charge in [0.15, 0.2) is 0 Å². The summed E-state index contributed by atoms with van der Waals surface area (Å²) in [6.07, 6.45) is 3.61. The Morgan fingerprint density at radius 2 is 2.08 bits per heavy atom. The summed E-state index contributed by atoms with van der Waals surface area (Å²) >= 11 is 16.5. The zero-order valence-corrected chi connectivity index (χ0v) is 12.1. The van der Waals surface area contributed by atoms with Crippen LogP contribution in [0.1, 0.15) is 26.2 Å². The third-order valence-corrected chi connectivity index (χ3v) is 9.87. The van der Waals surface area contributed by atoms with Crippen molar-refractivity contribution in [3.8, 4) is 0 Å². The second-order valence-electron chi connectivity index (χ2n) is 3.17. The van der Waals surface area contributed by atoms with Crippen LogP contribution in [0.3, 0.4) is 0 Å². The average molecular weight is 339 g/mol. The average Bonchev–Trinajstić information content (AvgIpc) is 2.45. The van der Waals surface area contributed by atoms with Crippen molar-refractivity contribution in [2.75, 3.05) is 0 Å². The molecule has 0 amide bonds. The van der Waals surface area contributed by atoms with E-state index in [1.165, 1.54) is 12.8 Å². The van der Waals surface area contributed by atoms with Crippen LogP contribution < -0.4 is 0 Å². The van der Waals surface area contributed by atoms with Gasteiger partial charge in [0.05, 0.1) is 0 Å². The topological polar surface area (TPSA) is 0 Å². The standard InChI is InChI=1S/C8H13BrCl2Se/c1-3-4-5-6-7(9,12-2)8(6,10)11/h6H,3-5H2,1-2H3. The van der Waals surface area contributed by atoms with Crippen molar-refractivity contribution in [3.05, 3.63) is 0 Å². The normalized spacial score (nSPS) is 38.2. The van der Waals surface area contributed by atoms with Gasteiger partial charge in [0.2, 0.25) is 0 Å². The minimum atomic E-state index is -0.489. The molecule has 2 unspecified atom stereocenters. The van der Waals surface area contributed by atoms with E-state index in [4.69, 9.17) is 23.2 Å². The van der Waals surface area contributed by atoms with Gasteiger partial charge in [0, 0.05) is 0 Å². The molecular formula is C8H13BrCl2Se. The van der Waals surface area contributed by atoms with E-state index in [9.17, 15) is 0 Å². The van der Waals surface area contributed by atoms with Gasteiger partial charge in [-0.1, -0.05) is 0 Å². The molecule has 0 heterocycles. The Kier molecular flexibility index (Phi) is 3.87. The minimum absolute atomic E-state index is 0.0608. The van der Waals surface area contributed by atoms with Gasteiger partial charge in [0.25, 0.3) is 0 Å². The Hall–Kier alpha value is 1.58. The molecule has 1 rings (SSSR count). The fourth-order valence-corrected chi connectivity index (χ4v) is 6.22. The summed E-state index contributed by atoms with van der Waals surface area (Å²) in [6.45, 7) is 2.19. The van der Waals surface area contributed by atoms with E-state index < -0.39 is 4.33 Å². The Morgan fingerprint density at radius 3 is 2.42 bits per heavy atom. The fourth-order valence-electron chi connectivity index (χ4n) is 1.47. The SMILES string of the molecule is CCCCC1C(Cl)(Cl)C1(Br)[Se]C. The number of rotatable bonds is 4. The molecule has 4 heteroatoms. The van der Waals surface area contributed by atoms with Gasteiger partial charge in [-0.25, -0.2) is 0 Å². The van der Waals surface area contributed by atoms with Crippen molar-refractivity contribution >= 4 is 54.1 Å². The zero-order valence-electron chi connectivity index (χ0n) is 7.24. The van der Waals surface area contributed by atoms with Gasteiger partial charge in [-0.2, -0.15) is 0 Å².